The lowest BCUT2D eigenvalue weighted by atomic mass is 9.90. The van der Waals surface area contributed by atoms with Gasteiger partial charge in [0.25, 0.3) is 0 Å². The van der Waals surface area contributed by atoms with Crippen molar-refractivity contribution in [3.8, 4) is 5.75 Å². The number of methoxy groups -OCH3 is 1. The summed E-state index contributed by atoms with van der Waals surface area (Å²) in [5.74, 6) is 0.439. The minimum absolute atomic E-state index is 0.0519. The van der Waals surface area contributed by atoms with Crippen molar-refractivity contribution in [3.63, 3.8) is 0 Å². The maximum atomic E-state index is 12.8. The molecule has 3 aromatic carbocycles. The molecule has 1 atom stereocenters. The first-order valence-electron chi connectivity index (χ1n) is 12.4. The van der Waals surface area contributed by atoms with Crippen molar-refractivity contribution in [2.75, 3.05) is 39.1 Å². The third-order valence-electron chi connectivity index (χ3n) is 6.72. The number of H-pyrrole nitrogens is 1. The number of ether oxygens (including phenoxy) is 1. The highest BCUT2D eigenvalue weighted by atomic mass is 16.5. The highest BCUT2D eigenvalue weighted by molar-refractivity contribution is 5.93. The summed E-state index contributed by atoms with van der Waals surface area (Å²) in [6.45, 7) is 4.65. The zero-order valence-corrected chi connectivity index (χ0v) is 21.8. The van der Waals surface area contributed by atoms with Gasteiger partial charge in [-0.2, -0.15) is 0 Å². The van der Waals surface area contributed by atoms with Gasteiger partial charge in [0, 0.05) is 35.2 Å². The second-order valence-corrected chi connectivity index (χ2v) is 9.39. The molecule has 0 saturated heterocycles. The molecule has 0 radical (unpaired) electrons. The number of fused-ring (bicyclic) bond motifs is 1. The first-order valence-corrected chi connectivity index (χ1v) is 12.4. The number of hydrogen-bond acceptors (Lipinski definition) is 4. The Bertz CT molecular complexity index is 1380. The first kappa shape index (κ1) is 26.0. The van der Waals surface area contributed by atoms with Crippen LogP contribution in [-0.2, 0) is 9.59 Å². The van der Waals surface area contributed by atoms with Gasteiger partial charge in [-0.05, 0) is 67.4 Å². The van der Waals surface area contributed by atoms with Crippen molar-refractivity contribution in [2.45, 2.75) is 19.8 Å². The molecular weight excluding hydrogens is 464 g/mol. The van der Waals surface area contributed by atoms with Crippen LogP contribution in [0.15, 0.2) is 72.9 Å². The molecule has 0 fully saturated rings. The highest BCUT2D eigenvalue weighted by Crippen LogP contribution is 2.31. The van der Waals surface area contributed by atoms with Gasteiger partial charge in [-0.15, -0.1) is 0 Å². The van der Waals surface area contributed by atoms with E-state index in [9.17, 15) is 9.59 Å². The topological polar surface area (TPSA) is 86.5 Å². The summed E-state index contributed by atoms with van der Waals surface area (Å²) < 4.78 is 5.32. The normalized spacial score (nSPS) is 11.9. The molecule has 192 valence electrons. The van der Waals surface area contributed by atoms with E-state index in [1.54, 1.807) is 19.1 Å². The van der Waals surface area contributed by atoms with Crippen molar-refractivity contribution in [1.82, 2.24) is 15.2 Å². The number of nitrogens with one attached hydrogen (secondary N) is 3. The summed E-state index contributed by atoms with van der Waals surface area (Å²) in [5.41, 5.74) is 6.19. The fourth-order valence-electron chi connectivity index (χ4n) is 4.52. The maximum absolute atomic E-state index is 12.8. The summed E-state index contributed by atoms with van der Waals surface area (Å²) in [6.07, 6.45) is 2.01. The predicted molar refractivity (Wildman–Crippen MR) is 148 cm³/mol. The molecule has 0 saturated carbocycles. The van der Waals surface area contributed by atoms with E-state index in [0.717, 1.165) is 44.6 Å². The Kier molecular flexibility index (Phi) is 8.25. The van der Waals surface area contributed by atoms with E-state index in [1.165, 1.54) is 0 Å². The number of aromatic nitrogens is 1. The summed E-state index contributed by atoms with van der Waals surface area (Å²) in [6, 6.07) is 21.9. The number of carbonyl (C=O) groups excluding carboxylic acids is 2. The Morgan fingerprint density at radius 2 is 1.68 bits per heavy atom. The lowest BCUT2D eigenvalue weighted by Gasteiger charge is -2.20. The minimum Gasteiger partial charge on any atom is -0.497 e. The van der Waals surface area contributed by atoms with Crippen LogP contribution in [-0.4, -0.2) is 55.5 Å². The van der Waals surface area contributed by atoms with Crippen LogP contribution >= 0.6 is 0 Å². The van der Waals surface area contributed by atoms with Gasteiger partial charge in [-0.3, -0.25) is 14.5 Å². The third-order valence-corrected chi connectivity index (χ3v) is 6.72. The quantitative estimate of drug-likeness (QED) is 0.298. The van der Waals surface area contributed by atoms with E-state index in [0.29, 0.717) is 6.54 Å². The van der Waals surface area contributed by atoms with Crippen LogP contribution in [0.2, 0.25) is 0 Å². The van der Waals surface area contributed by atoms with Crippen LogP contribution < -0.4 is 15.4 Å². The average molecular weight is 499 g/mol. The van der Waals surface area contributed by atoms with Gasteiger partial charge >= 0.3 is 0 Å². The summed E-state index contributed by atoms with van der Waals surface area (Å²) in [7, 11) is 3.41. The van der Waals surface area contributed by atoms with E-state index < -0.39 is 0 Å². The van der Waals surface area contributed by atoms with Crippen LogP contribution in [0.1, 0.15) is 28.2 Å². The molecule has 0 aliphatic carbocycles. The molecule has 4 rings (SSSR count). The molecule has 0 bridgehead atoms. The number of anilines is 1. The number of rotatable bonds is 10. The SMILES string of the molecule is COc1ccc(C(CNC(=O)CN(C)CC(=O)Nc2cccc(C)c2C)c2c[nH]c3ccccc23)cc1. The van der Waals surface area contributed by atoms with Crippen molar-refractivity contribution in [1.29, 1.82) is 0 Å². The number of carbonyl (C=O) groups is 2. The molecule has 0 aliphatic heterocycles. The van der Waals surface area contributed by atoms with Gasteiger partial charge < -0.3 is 20.4 Å². The number of benzene rings is 3. The molecule has 1 heterocycles. The molecule has 0 aliphatic rings. The third kappa shape index (κ3) is 6.37. The lowest BCUT2D eigenvalue weighted by molar-refractivity contribution is -0.123. The van der Waals surface area contributed by atoms with Gasteiger partial charge in [-0.25, -0.2) is 0 Å². The molecular formula is C30H34N4O3. The number of hydrogen-bond donors (Lipinski definition) is 3. The van der Waals surface area contributed by atoms with Crippen LogP contribution in [0, 0.1) is 13.8 Å². The largest absolute Gasteiger partial charge is 0.497 e. The number of aryl methyl sites for hydroxylation is 1. The average Bonchev–Trinajstić information content (AvgIpc) is 3.31. The van der Waals surface area contributed by atoms with Gasteiger partial charge in [0.2, 0.25) is 11.8 Å². The second kappa shape index (κ2) is 11.8. The Hall–Kier alpha value is -4.10. The molecule has 2 amide bonds. The van der Waals surface area contributed by atoms with Crippen LogP contribution in [0.25, 0.3) is 10.9 Å². The Morgan fingerprint density at radius 1 is 0.946 bits per heavy atom. The number of amides is 2. The zero-order chi connectivity index (χ0) is 26.4. The van der Waals surface area contributed by atoms with Crippen molar-refractivity contribution >= 4 is 28.4 Å². The monoisotopic (exact) mass is 498 g/mol. The van der Waals surface area contributed by atoms with Gasteiger partial charge in [0.15, 0.2) is 0 Å². The minimum atomic E-state index is -0.154. The summed E-state index contributed by atoms with van der Waals surface area (Å²) in [5, 5.41) is 7.14. The van der Waals surface area contributed by atoms with Crippen molar-refractivity contribution in [3.05, 3.63) is 95.2 Å². The molecule has 1 aromatic heterocycles. The summed E-state index contributed by atoms with van der Waals surface area (Å²) >= 11 is 0. The number of likely N-dealkylation sites (N-methyl/N-ethyl adjacent to an activating group) is 1. The van der Waals surface area contributed by atoms with E-state index in [2.05, 4.69) is 21.7 Å². The molecule has 37 heavy (non-hydrogen) atoms. The Balaban J connectivity index is 1.40. The van der Waals surface area contributed by atoms with Crippen molar-refractivity contribution < 1.29 is 14.3 Å². The second-order valence-electron chi connectivity index (χ2n) is 9.39. The van der Waals surface area contributed by atoms with Crippen molar-refractivity contribution in [2.24, 2.45) is 0 Å². The fraction of sp³-hybridized carbons (Fsp3) is 0.267. The Morgan fingerprint density at radius 3 is 2.43 bits per heavy atom. The van der Waals surface area contributed by atoms with Gasteiger partial charge in [0.1, 0.15) is 5.75 Å². The standard InChI is InChI=1S/C30H34N4O3/c1-20-8-7-11-27(21(20)2)33-30(36)19-34(3)18-29(35)32-16-25(22-12-14-23(37-4)15-13-22)26-17-31-28-10-6-5-9-24(26)28/h5-15,17,25,31H,16,18-19H2,1-4H3,(H,32,35)(H,33,36). The zero-order valence-electron chi connectivity index (χ0n) is 21.8. The highest BCUT2D eigenvalue weighted by Gasteiger charge is 2.20. The maximum Gasteiger partial charge on any atom is 0.238 e. The number of nitrogens with zero attached hydrogens (tertiary/aromatic N) is 1. The first-order chi connectivity index (χ1) is 17.9. The lowest BCUT2D eigenvalue weighted by Crippen LogP contribution is -2.40. The van der Waals surface area contributed by atoms with E-state index in [1.807, 2.05) is 80.7 Å². The van der Waals surface area contributed by atoms with Gasteiger partial charge in [0.05, 0.1) is 20.2 Å². The summed E-state index contributed by atoms with van der Waals surface area (Å²) in [4.78, 5) is 30.5. The smallest absolute Gasteiger partial charge is 0.238 e. The number of para-hydroxylation sites is 1. The molecule has 7 nitrogen and oxygen atoms in total. The molecule has 0 spiro atoms. The molecule has 3 N–H and O–H groups in total. The van der Waals surface area contributed by atoms with Crippen LogP contribution in [0.4, 0.5) is 5.69 Å². The Labute approximate surface area is 217 Å². The van der Waals surface area contributed by atoms with E-state index in [-0.39, 0.29) is 30.8 Å². The molecule has 4 aromatic rings. The molecule has 1 unspecified atom stereocenters. The predicted octanol–water partition coefficient (Wildman–Crippen LogP) is 4.61. The fourth-order valence-corrected chi connectivity index (χ4v) is 4.52. The number of aromatic amines is 1. The molecule has 7 heteroatoms. The van der Waals surface area contributed by atoms with Crippen LogP contribution in [0.3, 0.4) is 0 Å². The van der Waals surface area contributed by atoms with E-state index in [4.69, 9.17) is 4.74 Å². The van der Waals surface area contributed by atoms with Gasteiger partial charge in [-0.1, -0.05) is 42.5 Å². The van der Waals surface area contributed by atoms with Crippen LogP contribution in [0.5, 0.6) is 5.75 Å². The van der Waals surface area contributed by atoms with E-state index >= 15 is 0 Å².